The van der Waals surface area contributed by atoms with Crippen LogP contribution >= 0.6 is 0 Å². The molecule has 0 radical (unpaired) electrons. The quantitative estimate of drug-likeness (QED) is 0.329. The number of carbonyl (C=O) groups is 2. The predicted octanol–water partition coefficient (Wildman–Crippen LogP) is 2.87. The number of anilines is 1. The van der Waals surface area contributed by atoms with Gasteiger partial charge in [0.05, 0.1) is 27.6 Å². The molecule has 10 nitrogen and oxygen atoms in total. The van der Waals surface area contributed by atoms with Crippen LogP contribution in [-0.4, -0.2) is 35.0 Å². The number of sulfonamides is 1. The normalized spacial score (nSPS) is 13.2. The second-order valence-corrected chi connectivity index (χ2v) is 8.53. The van der Waals surface area contributed by atoms with Gasteiger partial charge in [0.2, 0.25) is 5.82 Å². The summed E-state index contributed by atoms with van der Waals surface area (Å²) in [5, 5.41) is 10.9. The van der Waals surface area contributed by atoms with Crippen molar-refractivity contribution in [1.29, 1.82) is 0 Å². The Hall–Kier alpha value is -4.26. The minimum absolute atomic E-state index is 0.0470. The number of imide groups is 1. The van der Waals surface area contributed by atoms with E-state index in [4.69, 9.17) is 0 Å². The summed E-state index contributed by atoms with van der Waals surface area (Å²) < 4.78 is 55.4. The zero-order valence-electron chi connectivity index (χ0n) is 16.4. The fourth-order valence-electron chi connectivity index (χ4n) is 3.26. The Morgan fingerprint density at radius 1 is 1.06 bits per heavy atom. The highest BCUT2D eigenvalue weighted by atomic mass is 32.2. The molecule has 4 rings (SSSR count). The van der Waals surface area contributed by atoms with Crippen LogP contribution in [0.4, 0.5) is 20.2 Å². The number of rotatable bonds is 6. The summed E-state index contributed by atoms with van der Waals surface area (Å²) in [6.45, 7) is -0.506. The van der Waals surface area contributed by atoms with Crippen molar-refractivity contribution in [3.8, 4) is 0 Å². The molecule has 1 aromatic heterocycles. The molecule has 33 heavy (non-hydrogen) atoms. The maximum Gasteiger partial charge on any atom is 0.306 e. The van der Waals surface area contributed by atoms with Gasteiger partial charge in [0.15, 0.2) is 0 Å². The minimum atomic E-state index is -4.57. The van der Waals surface area contributed by atoms with Gasteiger partial charge in [-0.15, -0.1) is 0 Å². The molecule has 13 heteroatoms. The van der Waals surface area contributed by atoms with Crippen molar-refractivity contribution in [3.63, 3.8) is 0 Å². The molecule has 0 saturated heterocycles. The number of nitrogens with one attached hydrogen (secondary N) is 1. The van der Waals surface area contributed by atoms with E-state index in [0.29, 0.717) is 18.2 Å². The zero-order valence-corrected chi connectivity index (χ0v) is 17.2. The third kappa shape index (κ3) is 4.01. The van der Waals surface area contributed by atoms with Crippen LogP contribution in [0, 0.1) is 21.7 Å². The molecule has 0 spiro atoms. The number of pyridine rings is 1. The van der Waals surface area contributed by atoms with Gasteiger partial charge in [0.1, 0.15) is 11.5 Å². The van der Waals surface area contributed by atoms with Crippen LogP contribution in [0.1, 0.15) is 26.4 Å². The van der Waals surface area contributed by atoms with Crippen molar-refractivity contribution < 1.29 is 31.7 Å². The number of aromatic nitrogens is 1. The monoisotopic (exact) mass is 474 g/mol. The molecular formula is C20H12F2N4O6S. The molecule has 1 aliphatic heterocycles. The summed E-state index contributed by atoms with van der Waals surface area (Å²) in [4.78, 5) is 39.1. The Labute approximate surface area is 184 Å². The molecular weight excluding hydrogens is 462 g/mol. The van der Waals surface area contributed by atoms with Crippen LogP contribution in [0.15, 0.2) is 59.6 Å². The van der Waals surface area contributed by atoms with Gasteiger partial charge in [-0.05, 0) is 42.0 Å². The van der Waals surface area contributed by atoms with Gasteiger partial charge >= 0.3 is 5.69 Å². The lowest BCUT2D eigenvalue weighted by Gasteiger charge is -2.17. The number of fused-ring (bicyclic) bond motifs is 1. The number of hydrogen-bond donors (Lipinski definition) is 1. The lowest BCUT2D eigenvalue weighted by atomic mass is 10.2. The largest absolute Gasteiger partial charge is 0.306 e. The number of nitrogens with zero attached hydrogens (tertiary/aromatic N) is 3. The predicted molar refractivity (Wildman–Crippen MR) is 109 cm³/mol. The lowest BCUT2D eigenvalue weighted by Crippen LogP contribution is -2.30. The molecule has 3 aromatic rings. The Balaban J connectivity index is 1.69. The van der Waals surface area contributed by atoms with E-state index in [1.54, 1.807) is 0 Å². The summed E-state index contributed by atoms with van der Waals surface area (Å²) in [6.07, 6.45) is 1.33. The third-order valence-corrected chi connectivity index (χ3v) is 6.24. The highest BCUT2D eigenvalue weighted by Crippen LogP contribution is 2.28. The fraction of sp³-hybridized carbons (Fsp3) is 0.0500. The van der Waals surface area contributed by atoms with Crippen LogP contribution < -0.4 is 4.72 Å². The van der Waals surface area contributed by atoms with Gasteiger partial charge in [-0.1, -0.05) is 6.07 Å². The molecule has 0 atom stereocenters. The third-order valence-electron chi connectivity index (χ3n) is 4.77. The van der Waals surface area contributed by atoms with Gasteiger partial charge in [-0.25, -0.2) is 12.8 Å². The zero-order chi connectivity index (χ0) is 23.9. The highest BCUT2D eigenvalue weighted by molar-refractivity contribution is 7.92. The van der Waals surface area contributed by atoms with E-state index < -0.39 is 55.5 Å². The maximum absolute atomic E-state index is 13.9. The average Bonchev–Trinajstić information content (AvgIpc) is 3.01. The SMILES string of the molecule is O=C1c2cccnc2C(=O)N1Cc1ccc(F)cc1S(=O)(=O)Nc1ccc(F)c([N+](=O)[O-])c1. The van der Waals surface area contributed by atoms with Crippen LogP contribution in [0.3, 0.4) is 0 Å². The van der Waals surface area contributed by atoms with Crippen LogP contribution in [-0.2, 0) is 16.6 Å². The number of nitro benzene ring substituents is 1. The summed E-state index contributed by atoms with van der Waals surface area (Å²) >= 11 is 0. The number of hydrogen-bond acceptors (Lipinski definition) is 7. The standard InChI is InChI=1S/C20H12F2N4O6S/c21-12-4-3-11(10-25-19(27)14-2-1-7-23-18(14)20(25)28)17(8-12)33(31,32)24-13-5-6-15(22)16(9-13)26(29)30/h1-9,24H,10H2. The Morgan fingerprint density at radius 3 is 2.52 bits per heavy atom. The summed E-state index contributed by atoms with van der Waals surface area (Å²) in [7, 11) is -4.57. The average molecular weight is 474 g/mol. The Kier molecular flexibility index (Phi) is 5.33. The summed E-state index contributed by atoms with van der Waals surface area (Å²) in [6, 6.07) is 7.90. The van der Waals surface area contributed by atoms with E-state index in [9.17, 15) is 36.9 Å². The van der Waals surface area contributed by atoms with E-state index >= 15 is 0 Å². The number of nitro groups is 1. The van der Waals surface area contributed by atoms with Crippen molar-refractivity contribution in [2.45, 2.75) is 11.4 Å². The molecule has 1 N–H and O–H groups in total. The number of carbonyl (C=O) groups excluding carboxylic acids is 2. The van der Waals surface area contributed by atoms with Gasteiger partial charge in [-0.3, -0.25) is 34.3 Å². The van der Waals surface area contributed by atoms with Crippen molar-refractivity contribution >= 4 is 33.2 Å². The summed E-state index contributed by atoms with van der Waals surface area (Å²) in [5.74, 6) is -3.54. The Morgan fingerprint density at radius 2 is 1.82 bits per heavy atom. The molecule has 168 valence electrons. The van der Waals surface area contributed by atoms with E-state index in [-0.39, 0.29) is 22.5 Å². The second-order valence-electron chi connectivity index (χ2n) is 6.88. The Bertz CT molecular complexity index is 1410. The van der Waals surface area contributed by atoms with Crippen molar-refractivity contribution in [2.24, 2.45) is 0 Å². The van der Waals surface area contributed by atoms with Gasteiger partial charge in [0, 0.05) is 12.3 Å². The first-order chi connectivity index (χ1) is 15.6. The van der Waals surface area contributed by atoms with E-state index in [2.05, 4.69) is 4.98 Å². The smallest absolute Gasteiger partial charge is 0.279 e. The first-order valence-corrected chi connectivity index (χ1v) is 10.6. The number of amides is 2. The minimum Gasteiger partial charge on any atom is -0.279 e. The topological polar surface area (TPSA) is 140 Å². The molecule has 0 aliphatic carbocycles. The molecule has 2 aromatic carbocycles. The van der Waals surface area contributed by atoms with Crippen LogP contribution in [0.25, 0.3) is 0 Å². The molecule has 1 aliphatic rings. The highest BCUT2D eigenvalue weighted by Gasteiger charge is 2.37. The van der Waals surface area contributed by atoms with Crippen LogP contribution in [0.2, 0.25) is 0 Å². The van der Waals surface area contributed by atoms with Gasteiger partial charge in [-0.2, -0.15) is 4.39 Å². The molecule has 0 bridgehead atoms. The molecule has 0 fully saturated rings. The molecule has 0 unspecified atom stereocenters. The van der Waals surface area contributed by atoms with Crippen molar-refractivity contribution in [3.05, 3.63) is 93.3 Å². The second kappa shape index (κ2) is 8.02. The van der Waals surface area contributed by atoms with Crippen molar-refractivity contribution in [1.82, 2.24) is 9.88 Å². The van der Waals surface area contributed by atoms with Gasteiger partial charge < -0.3 is 0 Å². The fourth-order valence-corrected chi connectivity index (χ4v) is 4.56. The molecule has 2 amide bonds. The molecule has 0 saturated carbocycles. The van der Waals surface area contributed by atoms with E-state index in [0.717, 1.165) is 23.1 Å². The summed E-state index contributed by atoms with van der Waals surface area (Å²) in [5.41, 5.74) is -1.46. The van der Waals surface area contributed by atoms with E-state index in [1.165, 1.54) is 18.3 Å². The van der Waals surface area contributed by atoms with Crippen LogP contribution in [0.5, 0.6) is 0 Å². The molecule has 2 heterocycles. The first-order valence-electron chi connectivity index (χ1n) is 9.15. The number of halogens is 2. The maximum atomic E-state index is 13.9. The van der Waals surface area contributed by atoms with Crippen molar-refractivity contribution in [2.75, 3.05) is 4.72 Å². The number of benzene rings is 2. The lowest BCUT2D eigenvalue weighted by molar-refractivity contribution is -0.387. The first kappa shape index (κ1) is 22.0. The van der Waals surface area contributed by atoms with E-state index in [1.807, 2.05) is 4.72 Å². The van der Waals surface area contributed by atoms with Gasteiger partial charge in [0.25, 0.3) is 21.8 Å².